The Hall–Kier alpha value is -3.81. The van der Waals surface area contributed by atoms with Crippen LogP contribution in [0.3, 0.4) is 0 Å². The molecular weight excluding hydrogens is 392 g/mol. The number of hydrogen-bond acceptors (Lipinski definition) is 7. The summed E-state index contributed by atoms with van der Waals surface area (Å²) in [6, 6.07) is 15.5. The van der Waals surface area contributed by atoms with E-state index in [1.807, 2.05) is 53.2 Å². The van der Waals surface area contributed by atoms with E-state index in [1.165, 1.54) is 0 Å². The minimum Gasteiger partial charge on any atom is -0.497 e. The number of para-hydroxylation sites is 1. The van der Waals surface area contributed by atoms with Crippen molar-refractivity contribution in [1.29, 1.82) is 0 Å². The molecule has 2 heterocycles. The summed E-state index contributed by atoms with van der Waals surface area (Å²) in [5.41, 5.74) is 2.39. The molecule has 0 aliphatic carbocycles. The van der Waals surface area contributed by atoms with E-state index in [2.05, 4.69) is 22.7 Å². The van der Waals surface area contributed by atoms with E-state index in [1.54, 1.807) is 20.4 Å². The first-order valence-corrected chi connectivity index (χ1v) is 10.3. The van der Waals surface area contributed by atoms with Gasteiger partial charge in [-0.15, -0.1) is 0 Å². The molecule has 0 amide bonds. The zero-order chi connectivity index (χ0) is 21.6. The van der Waals surface area contributed by atoms with E-state index in [4.69, 9.17) is 19.4 Å². The molecule has 0 unspecified atom stereocenters. The lowest BCUT2D eigenvalue weighted by molar-refractivity contribution is 0.405. The molecule has 8 heteroatoms. The standard InChI is InChI=1S/C23H26N6O2/c1-4-5-13-24-23-27-21(26-19-14-17(30-2)11-12-20(19)31-3)18-15-25-29(22(18)28-23)16-9-7-6-8-10-16/h6-12,14-15H,4-5,13H2,1-3H3,(H2,24,26,27,28). The van der Waals surface area contributed by atoms with Gasteiger partial charge in [-0.05, 0) is 30.7 Å². The normalized spacial score (nSPS) is 10.8. The second-order valence-corrected chi connectivity index (χ2v) is 7.00. The van der Waals surface area contributed by atoms with Crippen molar-refractivity contribution >= 4 is 28.5 Å². The Morgan fingerprint density at radius 1 is 1.00 bits per heavy atom. The van der Waals surface area contributed by atoms with Crippen molar-refractivity contribution in [2.45, 2.75) is 19.8 Å². The Kier molecular flexibility index (Phi) is 6.16. The number of nitrogens with zero attached hydrogens (tertiary/aromatic N) is 4. The largest absolute Gasteiger partial charge is 0.497 e. The molecule has 160 valence electrons. The minimum absolute atomic E-state index is 0.544. The SMILES string of the molecule is CCCCNc1nc(Nc2cc(OC)ccc2OC)c2cnn(-c3ccccc3)c2n1. The third kappa shape index (κ3) is 4.37. The fourth-order valence-electron chi connectivity index (χ4n) is 3.26. The van der Waals surface area contributed by atoms with Crippen molar-refractivity contribution in [2.24, 2.45) is 0 Å². The predicted octanol–water partition coefficient (Wildman–Crippen LogP) is 4.79. The Morgan fingerprint density at radius 2 is 1.84 bits per heavy atom. The molecular formula is C23H26N6O2. The fourth-order valence-corrected chi connectivity index (χ4v) is 3.26. The molecule has 0 saturated carbocycles. The summed E-state index contributed by atoms with van der Waals surface area (Å²) in [6.07, 6.45) is 3.89. The van der Waals surface area contributed by atoms with Crippen molar-refractivity contribution in [1.82, 2.24) is 19.7 Å². The Labute approximate surface area is 181 Å². The average molecular weight is 419 g/mol. The minimum atomic E-state index is 0.544. The lowest BCUT2D eigenvalue weighted by Gasteiger charge is -2.14. The molecule has 0 fully saturated rings. The van der Waals surface area contributed by atoms with Gasteiger partial charge in [0.1, 0.15) is 17.3 Å². The summed E-state index contributed by atoms with van der Waals surface area (Å²) in [5, 5.41) is 12.1. The zero-order valence-corrected chi connectivity index (χ0v) is 17.9. The molecule has 2 aromatic heterocycles. The van der Waals surface area contributed by atoms with Crippen LogP contribution in [0.25, 0.3) is 16.7 Å². The van der Waals surface area contributed by atoms with Gasteiger partial charge in [-0.1, -0.05) is 31.5 Å². The topological polar surface area (TPSA) is 86.1 Å². The van der Waals surface area contributed by atoms with E-state index < -0.39 is 0 Å². The summed E-state index contributed by atoms with van der Waals surface area (Å²) >= 11 is 0. The highest BCUT2D eigenvalue weighted by Crippen LogP contribution is 2.34. The van der Waals surface area contributed by atoms with Crippen LogP contribution in [0.15, 0.2) is 54.7 Å². The van der Waals surface area contributed by atoms with E-state index in [9.17, 15) is 0 Å². The fraction of sp³-hybridized carbons (Fsp3) is 0.261. The number of hydrogen-bond donors (Lipinski definition) is 2. The monoisotopic (exact) mass is 418 g/mol. The molecule has 0 aliphatic rings. The van der Waals surface area contributed by atoms with Crippen LogP contribution in [-0.4, -0.2) is 40.5 Å². The van der Waals surface area contributed by atoms with Crippen LogP contribution in [0.5, 0.6) is 11.5 Å². The van der Waals surface area contributed by atoms with Crippen molar-refractivity contribution in [2.75, 3.05) is 31.4 Å². The molecule has 4 aromatic rings. The van der Waals surface area contributed by atoms with Crippen molar-refractivity contribution in [3.05, 3.63) is 54.7 Å². The van der Waals surface area contributed by atoms with E-state index in [-0.39, 0.29) is 0 Å². The number of ether oxygens (including phenoxy) is 2. The Bertz CT molecular complexity index is 1160. The van der Waals surface area contributed by atoms with Crippen LogP contribution in [0.2, 0.25) is 0 Å². The molecule has 8 nitrogen and oxygen atoms in total. The zero-order valence-electron chi connectivity index (χ0n) is 17.9. The van der Waals surface area contributed by atoms with Crippen LogP contribution in [-0.2, 0) is 0 Å². The van der Waals surface area contributed by atoms with Crippen LogP contribution < -0.4 is 20.1 Å². The van der Waals surface area contributed by atoms with Gasteiger partial charge >= 0.3 is 0 Å². The molecule has 0 spiro atoms. The molecule has 0 bridgehead atoms. The molecule has 0 aliphatic heterocycles. The van der Waals surface area contributed by atoms with Crippen LogP contribution in [0, 0.1) is 0 Å². The van der Waals surface area contributed by atoms with E-state index in [0.717, 1.165) is 41.9 Å². The van der Waals surface area contributed by atoms with Crippen LogP contribution in [0.4, 0.5) is 17.5 Å². The second kappa shape index (κ2) is 9.34. The van der Waals surface area contributed by atoms with Crippen LogP contribution >= 0.6 is 0 Å². The molecule has 31 heavy (non-hydrogen) atoms. The van der Waals surface area contributed by atoms with E-state index in [0.29, 0.717) is 23.2 Å². The Morgan fingerprint density at radius 3 is 2.58 bits per heavy atom. The number of unbranched alkanes of at least 4 members (excludes halogenated alkanes) is 1. The summed E-state index contributed by atoms with van der Waals surface area (Å²) in [4.78, 5) is 9.47. The van der Waals surface area contributed by atoms with Gasteiger partial charge in [0, 0.05) is 12.6 Å². The third-order valence-electron chi connectivity index (χ3n) is 4.90. The lowest BCUT2D eigenvalue weighted by Crippen LogP contribution is -2.08. The van der Waals surface area contributed by atoms with Gasteiger partial charge in [0.2, 0.25) is 5.95 Å². The van der Waals surface area contributed by atoms with Gasteiger partial charge < -0.3 is 20.1 Å². The smallest absolute Gasteiger partial charge is 0.226 e. The first kappa shape index (κ1) is 20.5. The number of anilines is 3. The predicted molar refractivity (Wildman–Crippen MR) is 123 cm³/mol. The van der Waals surface area contributed by atoms with Gasteiger partial charge in [0.25, 0.3) is 0 Å². The van der Waals surface area contributed by atoms with Crippen molar-refractivity contribution < 1.29 is 9.47 Å². The van der Waals surface area contributed by atoms with Crippen molar-refractivity contribution in [3.63, 3.8) is 0 Å². The van der Waals surface area contributed by atoms with Crippen LogP contribution in [0.1, 0.15) is 19.8 Å². The summed E-state index contributed by atoms with van der Waals surface area (Å²) in [7, 11) is 3.27. The number of methoxy groups -OCH3 is 2. The highest BCUT2D eigenvalue weighted by Gasteiger charge is 2.16. The number of rotatable bonds is 9. The molecule has 0 radical (unpaired) electrons. The van der Waals surface area contributed by atoms with Gasteiger partial charge in [0.05, 0.1) is 37.2 Å². The van der Waals surface area contributed by atoms with Crippen molar-refractivity contribution in [3.8, 4) is 17.2 Å². The maximum Gasteiger partial charge on any atom is 0.226 e. The quantitative estimate of drug-likeness (QED) is 0.378. The summed E-state index contributed by atoms with van der Waals surface area (Å²) < 4.78 is 12.7. The van der Waals surface area contributed by atoms with Gasteiger partial charge in [-0.3, -0.25) is 0 Å². The van der Waals surface area contributed by atoms with Gasteiger partial charge in [-0.25, -0.2) is 4.68 Å². The number of aromatic nitrogens is 4. The number of benzene rings is 2. The lowest BCUT2D eigenvalue weighted by atomic mass is 10.2. The Balaban J connectivity index is 1.81. The van der Waals surface area contributed by atoms with Gasteiger partial charge in [-0.2, -0.15) is 15.1 Å². The molecule has 0 saturated heterocycles. The molecule has 4 rings (SSSR count). The summed E-state index contributed by atoms with van der Waals surface area (Å²) in [5.74, 6) is 2.58. The molecule has 2 N–H and O–H groups in total. The highest BCUT2D eigenvalue weighted by molar-refractivity contribution is 5.91. The highest BCUT2D eigenvalue weighted by atomic mass is 16.5. The molecule has 2 aromatic carbocycles. The average Bonchev–Trinajstić information content (AvgIpc) is 3.24. The van der Waals surface area contributed by atoms with E-state index >= 15 is 0 Å². The maximum atomic E-state index is 5.52. The summed E-state index contributed by atoms with van der Waals surface area (Å²) in [6.45, 7) is 2.95. The second-order valence-electron chi connectivity index (χ2n) is 7.00. The number of fused-ring (bicyclic) bond motifs is 1. The third-order valence-corrected chi connectivity index (χ3v) is 4.90. The first-order chi connectivity index (χ1) is 15.2. The number of nitrogens with one attached hydrogen (secondary N) is 2. The maximum absolute atomic E-state index is 5.52. The first-order valence-electron chi connectivity index (χ1n) is 10.3. The molecule has 0 atom stereocenters. The van der Waals surface area contributed by atoms with Gasteiger partial charge in [0.15, 0.2) is 5.65 Å².